The van der Waals surface area contributed by atoms with Crippen molar-refractivity contribution in [2.45, 2.75) is 44.1 Å². The molecule has 0 unspecified atom stereocenters. The lowest BCUT2D eigenvalue weighted by Gasteiger charge is -2.32. The molecule has 0 saturated heterocycles. The van der Waals surface area contributed by atoms with Crippen LogP contribution in [0.5, 0.6) is 0 Å². The van der Waals surface area contributed by atoms with Gasteiger partial charge in [0.05, 0.1) is 5.60 Å². The van der Waals surface area contributed by atoms with E-state index >= 15 is 0 Å². The standard InChI is InChI=1S/C13H18N4O/c14-17-12-10(5-4-6-11(12)15-16-17)9-13(18)7-2-1-3-8-13/h4-6,18H,1-3,7-9,14H2. The maximum Gasteiger partial charge on any atom is 0.115 e. The molecular weight excluding hydrogens is 228 g/mol. The largest absolute Gasteiger partial charge is 0.390 e. The highest BCUT2D eigenvalue weighted by Gasteiger charge is 2.30. The van der Waals surface area contributed by atoms with Crippen molar-refractivity contribution in [3.05, 3.63) is 23.8 Å². The minimum atomic E-state index is -0.587. The second-order valence-electron chi connectivity index (χ2n) is 5.28. The number of benzene rings is 1. The van der Waals surface area contributed by atoms with E-state index in [4.69, 9.17) is 5.84 Å². The van der Waals surface area contributed by atoms with Crippen LogP contribution in [0.3, 0.4) is 0 Å². The Balaban J connectivity index is 1.96. The summed E-state index contributed by atoms with van der Waals surface area (Å²) < 4.78 is 0. The third-order valence-electron chi connectivity index (χ3n) is 3.88. The fraction of sp³-hybridized carbons (Fsp3) is 0.538. The van der Waals surface area contributed by atoms with Crippen molar-refractivity contribution >= 4 is 11.0 Å². The van der Waals surface area contributed by atoms with Crippen molar-refractivity contribution < 1.29 is 5.11 Å². The van der Waals surface area contributed by atoms with E-state index in [2.05, 4.69) is 10.3 Å². The highest BCUT2D eigenvalue weighted by molar-refractivity contribution is 5.78. The lowest BCUT2D eigenvalue weighted by molar-refractivity contribution is 0.00471. The number of nitrogens with zero attached hydrogens (tertiary/aromatic N) is 3. The van der Waals surface area contributed by atoms with E-state index in [9.17, 15) is 5.11 Å². The molecule has 1 fully saturated rings. The molecule has 1 aliphatic carbocycles. The first-order chi connectivity index (χ1) is 8.68. The summed E-state index contributed by atoms with van der Waals surface area (Å²) in [6, 6.07) is 5.83. The van der Waals surface area contributed by atoms with Crippen LogP contribution < -0.4 is 5.84 Å². The Morgan fingerprint density at radius 3 is 2.83 bits per heavy atom. The second kappa shape index (κ2) is 4.24. The van der Waals surface area contributed by atoms with Gasteiger partial charge in [-0.05, 0) is 29.7 Å². The zero-order valence-corrected chi connectivity index (χ0v) is 10.3. The maximum absolute atomic E-state index is 10.6. The molecule has 2 aromatic rings. The van der Waals surface area contributed by atoms with Crippen LogP contribution in [0.15, 0.2) is 18.2 Å². The smallest absolute Gasteiger partial charge is 0.115 e. The van der Waals surface area contributed by atoms with Crippen LogP contribution >= 0.6 is 0 Å². The Labute approximate surface area is 106 Å². The summed E-state index contributed by atoms with van der Waals surface area (Å²) in [6.45, 7) is 0. The average Bonchev–Trinajstić information content (AvgIpc) is 2.73. The zero-order valence-electron chi connectivity index (χ0n) is 10.3. The third kappa shape index (κ3) is 1.95. The van der Waals surface area contributed by atoms with Crippen molar-refractivity contribution in [1.29, 1.82) is 0 Å². The Hall–Kier alpha value is -1.62. The van der Waals surface area contributed by atoms with Gasteiger partial charge in [-0.25, -0.2) is 0 Å². The number of nitrogen functional groups attached to an aromatic ring is 1. The molecule has 5 nitrogen and oxygen atoms in total. The summed E-state index contributed by atoms with van der Waals surface area (Å²) in [4.78, 5) is 1.30. The Morgan fingerprint density at radius 1 is 1.28 bits per heavy atom. The quantitative estimate of drug-likeness (QED) is 0.785. The normalized spacial score (nSPS) is 19.2. The Kier molecular flexibility index (Phi) is 2.70. The number of aromatic nitrogens is 3. The minimum Gasteiger partial charge on any atom is -0.390 e. The third-order valence-corrected chi connectivity index (χ3v) is 3.88. The van der Waals surface area contributed by atoms with Gasteiger partial charge in [0.1, 0.15) is 11.0 Å². The molecule has 1 aliphatic rings. The number of fused-ring (bicyclic) bond motifs is 1. The predicted molar refractivity (Wildman–Crippen MR) is 69.4 cm³/mol. The maximum atomic E-state index is 10.6. The molecule has 96 valence electrons. The van der Waals surface area contributed by atoms with Crippen LogP contribution in [0.4, 0.5) is 0 Å². The van der Waals surface area contributed by atoms with Crippen molar-refractivity contribution in [1.82, 2.24) is 15.1 Å². The predicted octanol–water partition coefficient (Wildman–Crippen LogP) is 1.38. The molecule has 3 rings (SSSR count). The first-order valence-electron chi connectivity index (χ1n) is 6.49. The van der Waals surface area contributed by atoms with Crippen LogP contribution in [0.2, 0.25) is 0 Å². The molecule has 1 saturated carbocycles. The number of para-hydroxylation sites is 1. The van der Waals surface area contributed by atoms with Crippen molar-refractivity contribution in [2.75, 3.05) is 5.84 Å². The van der Waals surface area contributed by atoms with Crippen molar-refractivity contribution in [2.24, 2.45) is 0 Å². The number of hydrogen-bond donors (Lipinski definition) is 2. The van der Waals surface area contributed by atoms with Crippen molar-refractivity contribution in [3.8, 4) is 0 Å². The van der Waals surface area contributed by atoms with Gasteiger partial charge in [0.25, 0.3) is 0 Å². The molecule has 0 spiro atoms. The summed E-state index contributed by atoms with van der Waals surface area (Å²) in [7, 11) is 0. The summed E-state index contributed by atoms with van der Waals surface area (Å²) in [5, 5.41) is 18.5. The molecule has 0 atom stereocenters. The number of nitrogens with two attached hydrogens (primary N) is 1. The van der Waals surface area contributed by atoms with Gasteiger partial charge in [0.15, 0.2) is 0 Å². The molecule has 0 aliphatic heterocycles. The molecular formula is C13H18N4O. The molecule has 1 aromatic heterocycles. The summed E-state index contributed by atoms with van der Waals surface area (Å²) in [6.07, 6.45) is 5.81. The van der Waals surface area contributed by atoms with Crippen LogP contribution in [-0.4, -0.2) is 25.8 Å². The summed E-state index contributed by atoms with van der Waals surface area (Å²) in [5.74, 6) is 5.79. The van der Waals surface area contributed by atoms with Gasteiger partial charge in [-0.3, -0.25) is 0 Å². The molecule has 5 heteroatoms. The molecule has 0 bridgehead atoms. The van der Waals surface area contributed by atoms with Gasteiger partial charge < -0.3 is 10.9 Å². The van der Waals surface area contributed by atoms with E-state index < -0.39 is 5.60 Å². The molecule has 0 radical (unpaired) electrons. The van der Waals surface area contributed by atoms with E-state index in [0.717, 1.165) is 42.3 Å². The first kappa shape index (κ1) is 11.5. The highest BCUT2D eigenvalue weighted by Crippen LogP contribution is 2.32. The van der Waals surface area contributed by atoms with Gasteiger partial charge >= 0.3 is 0 Å². The minimum absolute atomic E-state index is 0.587. The molecule has 1 heterocycles. The van der Waals surface area contributed by atoms with Crippen LogP contribution in [0.25, 0.3) is 11.0 Å². The Morgan fingerprint density at radius 2 is 2.06 bits per heavy atom. The van der Waals surface area contributed by atoms with Crippen molar-refractivity contribution in [3.63, 3.8) is 0 Å². The highest BCUT2D eigenvalue weighted by atomic mass is 16.3. The number of aliphatic hydroxyl groups is 1. The zero-order chi connectivity index (χ0) is 12.6. The van der Waals surface area contributed by atoms with Crippen LogP contribution in [0, 0.1) is 0 Å². The van der Waals surface area contributed by atoms with E-state index in [1.807, 2.05) is 18.2 Å². The number of rotatable bonds is 2. The fourth-order valence-corrected chi connectivity index (χ4v) is 2.95. The lowest BCUT2D eigenvalue weighted by Crippen LogP contribution is -2.34. The average molecular weight is 246 g/mol. The molecule has 1 aromatic carbocycles. The monoisotopic (exact) mass is 246 g/mol. The lowest BCUT2D eigenvalue weighted by atomic mass is 9.80. The van der Waals surface area contributed by atoms with Gasteiger partial charge in [-0.2, -0.15) is 4.79 Å². The van der Waals surface area contributed by atoms with E-state index in [1.54, 1.807) is 0 Å². The molecule has 0 amide bonds. The fourth-order valence-electron chi connectivity index (χ4n) is 2.95. The van der Waals surface area contributed by atoms with E-state index in [0.29, 0.717) is 6.42 Å². The first-order valence-corrected chi connectivity index (χ1v) is 6.49. The van der Waals surface area contributed by atoms with E-state index in [1.165, 1.54) is 11.2 Å². The summed E-state index contributed by atoms with van der Waals surface area (Å²) in [5.41, 5.74) is 2.06. The molecule has 3 N–H and O–H groups in total. The second-order valence-corrected chi connectivity index (χ2v) is 5.28. The van der Waals surface area contributed by atoms with Crippen LogP contribution in [-0.2, 0) is 6.42 Å². The summed E-state index contributed by atoms with van der Waals surface area (Å²) >= 11 is 0. The van der Waals surface area contributed by atoms with Crippen LogP contribution in [0.1, 0.15) is 37.7 Å². The molecule has 18 heavy (non-hydrogen) atoms. The van der Waals surface area contributed by atoms with Gasteiger partial charge in [0, 0.05) is 6.42 Å². The van der Waals surface area contributed by atoms with E-state index in [-0.39, 0.29) is 0 Å². The van der Waals surface area contributed by atoms with Gasteiger partial charge in [-0.15, -0.1) is 5.10 Å². The Bertz CT molecular complexity index is 557. The topological polar surface area (TPSA) is 77.0 Å². The SMILES string of the molecule is Nn1nnc2cccc(CC3(O)CCCCC3)c21. The number of hydrogen-bond acceptors (Lipinski definition) is 4. The van der Waals surface area contributed by atoms with Gasteiger partial charge in [0.2, 0.25) is 0 Å². The van der Waals surface area contributed by atoms with Gasteiger partial charge in [-0.1, -0.05) is 31.4 Å².